The molecule has 290 valence electrons. The molecule has 0 aromatic rings. The lowest BCUT2D eigenvalue weighted by molar-refractivity contribution is -0.161. The Morgan fingerprint density at radius 2 is 0.755 bits per heavy atom. The lowest BCUT2D eigenvalue weighted by Crippen LogP contribution is -2.28. The number of hydrogen-bond donors (Lipinski definition) is 1. The first-order valence-corrected chi connectivity index (χ1v) is 21.7. The van der Waals surface area contributed by atoms with E-state index in [1.807, 2.05) is 0 Å². The summed E-state index contributed by atoms with van der Waals surface area (Å²) in [5.41, 5.74) is 0. The van der Waals surface area contributed by atoms with E-state index in [1.165, 1.54) is 180 Å². The SMILES string of the molecule is CCCCCCCCC/C=C\CCCCCCCCCC(=O)OC(CO)COC(=O)CCCCCCCCCCCCCCCCCCC. The van der Waals surface area contributed by atoms with Gasteiger partial charge in [0.2, 0.25) is 0 Å². The summed E-state index contributed by atoms with van der Waals surface area (Å²) in [5.74, 6) is -0.582. The molecule has 0 saturated carbocycles. The van der Waals surface area contributed by atoms with Crippen molar-refractivity contribution < 1.29 is 24.2 Å². The summed E-state index contributed by atoms with van der Waals surface area (Å²) in [7, 11) is 0. The Balaban J connectivity index is 3.50. The van der Waals surface area contributed by atoms with Crippen LogP contribution in [0.4, 0.5) is 0 Å². The average Bonchev–Trinajstić information content (AvgIpc) is 3.10. The summed E-state index contributed by atoms with van der Waals surface area (Å²) in [6, 6.07) is 0. The van der Waals surface area contributed by atoms with Gasteiger partial charge in [-0.2, -0.15) is 0 Å². The Hall–Kier alpha value is -1.36. The van der Waals surface area contributed by atoms with Crippen molar-refractivity contribution >= 4 is 11.9 Å². The topological polar surface area (TPSA) is 72.8 Å². The van der Waals surface area contributed by atoms with Crippen LogP contribution in [0.1, 0.15) is 239 Å². The van der Waals surface area contributed by atoms with Crippen LogP contribution in [-0.2, 0) is 19.1 Å². The molecular weight excluding hydrogens is 608 g/mol. The van der Waals surface area contributed by atoms with Crippen molar-refractivity contribution in [1.82, 2.24) is 0 Å². The molecule has 1 unspecified atom stereocenters. The molecule has 1 N–H and O–H groups in total. The van der Waals surface area contributed by atoms with Gasteiger partial charge in [0.05, 0.1) is 6.61 Å². The lowest BCUT2D eigenvalue weighted by atomic mass is 10.0. The minimum Gasteiger partial charge on any atom is -0.462 e. The largest absolute Gasteiger partial charge is 0.462 e. The van der Waals surface area contributed by atoms with Gasteiger partial charge in [0.1, 0.15) is 6.61 Å². The Labute approximate surface area is 305 Å². The van der Waals surface area contributed by atoms with Gasteiger partial charge in [-0.1, -0.05) is 199 Å². The van der Waals surface area contributed by atoms with Crippen molar-refractivity contribution in [1.29, 1.82) is 0 Å². The molecular formula is C44H84O5. The standard InChI is InChI=1S/C44H84O5/c1-3-5-7-9-11-13-15-17-19-21-23-25-27-29-31-33-35-37-39-44(47)49-42(40-45)41-48-43(46)38-36-34-32-30-28-26-24-22-20-18-16-14-12-10-8-6-4-2/h19,21,42,45H,3-18,20,22-41H2,1-2H3/b21-19-. The molecule has 0 rings (SSSR count). The van der Waals surface area contributed by atoms with E-state index in [4.69, 9.17) is 9.47 Å². The summed E-state index contributed by atoms with van der Waals surface area (Å²) in [6.45, 7) is 4.16. The first-order chi connectivity index (χ1) is 24.1. The number of carbonyl (C=O) groups excluding carboxylic acids is 2. The fourth-order valence-corrected chi connectivity index (χ4v) is 6.49. The molecule has 1 atom stereocenters. The fraction of sp³-hybridized carbons (Fsp3) is 0.909. The van der Waals surface area contributed by atoms with Crippen molar-refractivity contribution in [3.63, 3.8) is 0 Å². The van der Waals surface area contributed by atoms with Crippen molar-refractivity contribution in [3.8, 4) is 0 Å². The van der Waals surface area contributed by atoms with Gasteiger partial charge >= 0.3 is 11.9 Å². The highest BCUT2D eigenvalue weighted by Gasteiger charge is 2.16. The first-order valence-electron chi connectivity index (χ1n) is 21.7. The Bertz CT molecular complexity index is 705. The van der Waals surface area contributed by atoms with Crippen LogP contribution in [0.5, 0.6) is 0 Å². The van der Waals surface area contributed by atoms with Gasteiger partial charge in [-0.15, -0.1) is 0 Å². The number of carbonyl (C=O) groups is 2. The van der Waals surface area contributed by atoms with Crippen LogP contribution in [0.15, 0.2) is 12.2 Å². The van der Waals surface area contributed by atoms with Crippen molar-refractivity contribution in [2.24, 2.45) is 0 Å². The quantitative estimate of drug-likeness (QED) is 0.0393. The third-order valence-electron chi connectivity index (χ3n) is 9.81. The van der Waals surface area contributed by atoms with E-state index in [0.717, 1.165) is 32.1 Å². The zero-order valence-electron chi connectivity index (χ0n) is 33.0. The second-order valence-electron chi connectivity index (χ2n) is 14.8. The molecule has 0 aromatic heterocycles. The molecule has 0 bridgehead atoms. The highest BCUT2D eigenvalue weighted by atomic mass is 16.6. The summed E-state index contributed by atoms with van der Waals surface area (Å²) in [5, 5.41) is 9.57. The third-order valence-corrected chi connectivity index (χ3v) is 9.81. The molecule has 0 amide bonds. The summed E-state index contributed by atoms with van der Waals surface area (Å²) >= 11 is 0. The predicted molar refractivity (Wildman–Crippen MR) is 210 cm³/mol. The van der Waals surface area contributed by atoms with E-state index in [0.29, 0.717) is 12.8 Å². The highest BCUT2D eigenvalue weighted by Crippen LogP contribution is 2.15. The molecule has 5 heteroatoms. The molecule has 0 saturated heterocycles. The van der Waals surface area contributed by atoms with Crippen LogP contribution in [0.2, 0.25) is 0 Å². The summed E-state index contributed by atoms with van der Waals surface area (Å²) in [6.07, 6.45) is 47.1. The monoisotopic (exact) mass is 693 g/mol. The molecule has 5 nitrogen and oxygen atoms in total. The van der Waals surface area contributed by atoms with E-state index in [-0.39, 0.29) is 25.2 Å². The number of unbranched alkanes of at least 4 members (excludes halogenated alkanes) is 30. The zero-order chi connectivity index (χ0) is 35.7. The van der Waals surface area contributed by atoms with Crippen LogP contribution in [0.25, 0.3) is 0 Å². The van der Waals surface area contributed by atoms with Crippen LogP contribution in [-0.4, -0.2) is 36.4 Å². The highest BCUT2D eigenvalue weighted by molar-refractivity contribution is 5.70. The molecule has 49 heavy (non-hydrogen) atoms. The molecule has 0 aliphatic rings. The zero-order valence-corrected chi connectivity index (χ0v) is 33.0. The second kappa shape index (κ2) is 41.1. The average molecular weight is 693 g/mol. The molecule has 0 aliphatic heterocycles. The van der Waals surface area contributed by atoms with Crippen LogP contribution < -0.4 is 0 Å². The maximum atomic E-state index is 12.2. The smallest absolute Gasteiger partial charge is 0.306 e. The number of hydrogen-bond acceptors (Lipinski definition) is 5. The second-order valence-corrected chi connectivity index (χ2v) is 14.8. The summed E-state index contributed by atoms with van der Waals surface area (Å²) < 4.78 is 10.6. The Morgan fingerprint density at radius 1 is 0.449 bits per heavy atom. The molecule has 0 heterocycles. The van der Waals surface area contributed by atoms with Gasteiger partial charge in [-0.25, -0.2) is 0 Å². The maximum Gasteiger partial charge on any atom is 0.306 e. The summed E-state index contributed by atoms with van der Waals surface area (Å²) in [4.78, 5) is 24.3. The predicted octanol–water partition coefficient (Wildman–Crippen LogP) is 13.7. The molecule has 0 fully saturated rings. The number of aliphatic hydroxyl groups is 1. The molecule has 0 aliphatic carbocycles. The Kier molecular flexibility index (Phi) is 39.9. The lowest BCUT2D eigenvalue weighted by Gasteiger charge is -2.15. The number of ether oxygens (including phenoxy) is 2. The minimum atomic E-state index is -0.767. The van der Waals surface area contributed by atoms with E-state index >= 15 is 0 Å². The first kappa shape index (κ1) is 47.6. The van der Waals surface area contributed by atoms with E-state index in [1.54, 1.807) is 0 Å². The van der Waals surface area contributed by atoms with Gasteiger partial charge in [-0.05, 0) is 38.5 Å². The van der Waals surface area contributed by atoms with E-state index < -0.39 is 6.10 Å². The number of allylic oxidation sites excluding steroid dienone is 2. The van der Waals surface area contributed by atoms with Crippen LogP contribution in [0, 0.1) is 0 Å². The van der Waals surface area contributed by atoms with Crippen molar-refractivity contribution in [3.05, 3.63) is 12.2 Å². The van der Waals surface area contributed by atoms with E-state index in [2.05, 4.69) is 26.0 Å². The number of esters is 2. The molecule has 0 radical (unpaired) electrons. The Morgan fingerprint density at radius 3 is 1.10 bits per heavy atom. The van der Waals surface area contributed by atoms with Gasteiger partial charge in [0.15, 0.2) is 6.10 Å². The third kappa shape index (κ3) is 39.3. The number of aliphatic hydroxyl groups excluding tert-OH is 1. The van der Waals surface area contributed by atoms with Crippen molar-refractivity contribution in [2.75, 3.05) is 13.2 Å². The van der Waals surface area contributed by atoms with Crippen molar-refractivity contribution in [2.45, 2.75) is 245 Å². The maximum absolute atomic E-state index is 12.2. The van der Waals surface area contributed by atoms with Gasteiger partial charge in [0.25, 0.3) is 0 Å². The fourth-order valence-electron chi connectivity index (χ4n) is 6.49. The van der Waals surface area contributed by atoms with Gasteiger partial charge in [-0.3, -0.25) is 9.59 Å². The van der Waals surface area contributed by atoms with Gasteiger partial charge in [0, 0.05) is 12.8 Å². The molecule has 0 spiro atoms. The molecule has 0 aromatic carbocycles. The van der Waals surface area contributed by atoms with E-state index in [9.17, 15) is 14.7 Å². The number of rotatable bonds is 40. The van der Waals surface area contributed by atoms with Gasteiger partial charge < -0.3 is 14.6 Å². The normalized spacial score (nSPS) is 12.1. The van der Waals surface area contributed by atoms with Crippen LogP contribution in [0.3, 0.4) is 0 Å². The minimum absolute atomic E-state index is 0.0612. The van der Waals surface area contributed by atoms with Crippen LogP contribution >= 0.6 is 0 Å².